The zero-order valence-corrected chi connectivity index (χ0v) is 12.7. The summed E-state index contributed by atoms with van der Waals surface area (Å²) in [5.41, 5.74) is 7.75. The van der Waals surface area contributed by atoms with E-state index in [-0.39, 0.29) is 5.91 Å². The Bertz CT molecular complexity index is 725. The molecule has 0 radical (unpaired) electrons. The van der Waals surface area contributed by atoms with Gasteiger partial charge in [-0.25, -0.2) is 0 Å². The Morgan fingerprint density at radius 1 is 1.04 bits per heavy atom. The fraction of sp³-hybridized carbons (Fsp3) is 0.235. The van der Waals surface area contributed by atoms with E-state index in [2.05, 4.69) is 15.2 Å². The van der Waals surface area contributed by atoms with Crippen LogP contribution in [0.3, 0.4) is 0 Å². The molecule has 2 amide bonds. The van der Waals surface area contributed by atoms with Crippen LogP contribution in [0, 0.1) is 0 Å². The highest BCUT2D eigenvalue weighted by molar-refractivity contribution is 6.07. The van der Waals surface area contributed by atoms with E-state index in [1.165, 1.54) is 0 Å². The number of anilines is 2. The molecule has 118 valence electrons. The van der Waals surface area contributed by atoms with Crippen LogP contribution in [0.2, 0.25) is 0 Å². The number of aromatic nitrogens is 1. The lowest BCUT2D eigenvalue weighted by atomic mass is 10.1. The zero-order valence-electron chi connectivity index (χ0n) is 12.7. The van der Waals surface area contributed by atoms with Gasteiger partial charge in [-0.15, -0.1) is 0 Å². The fourth-order valence-electron chi connectivity index (χ4n) is 2.72. The van der Waals surface area contributed by atoms with Crippen molar-refractivity contribution < 1.29 is 9.59 Å². The molecule has 0 spiro atoms. The summed E-state index contributed by atoms with van der Waals surface area (Å²) in [7, 11) is 0. The van der Waals surface area contributed by atoms with Gasteiger partial charge in [-0.3, -0.25) is 14.6 Å². The summed E-state index contributed by atoms with van der Waals surface area (Å²) >= 11 is 0. The third-order valence-electron chi connectivity index (χ3n) is 3.92. The van der Waals surface area contributed by atoms with Crippen LogP contribution in [0.1, 0.15) is 33.6 Å². The Hall–Kier alpha value is -2.89. The molecule has 6 nitrogen and oxygen atoms in total. The van der Waals surface area contributed by atoms with Crippen molar-refractivity contribution in [2.75, 3.05) is 23.3 Å². The van der Waals surface area contributed by atoms with Gasteiger partial charge in [-0.1, -0.05) is 0 Å². The molecule has 1 aliphatic heterocycles. The number of nitrogens with one attached hydrogen (secondary N) is 1. The first-order valence-electron chi connectivity index (χ1n) is 7.55. The maximum absolute atomic E-state index is 12.4. The molecule has 23 heavy (non-hydrogen) atoms. The minimum atomic E-state index is -0.516. The molecule has 2 aromatic rings. The number of amides is 2. The van der Waals surface area contributed by atoms with Crippen molar-refractivity contribution >= 4 is 23.2 Å². The lowest BCUT2D eigenvalue weighted by Gasteiger charge is -2.22. The van der Waals surface area contributed by atoms with Crippen molar-refractivity contribution in [3.05, 3.63) is 53.9 Å². The van der Waals surface area contributed by atoms with Gasteiger partial charge >= 0.3 is 0 Å². The number of nitrogens with two attached hydrogens (primary N) is 1. The smallest absolute Gasteiger partial charge is 0.255 e. The summed E-state index contributed by atoms with van der Waals surface area (Å²) in [4.78, 5) is 29.9. The second-order valence-electron chi connectivity index (χ2n) is 5.48. The Balaban J connectivity index is 1.92. The standard InChI is InChI=1S/C17H18N4O2/c18-16(22)13-3-4-15(21-9-1-2-10-21)14(11-13)20-17(23)12-5-7-19-8-6-12/h3-8,11H,1-2,9-10H2,(H2,18,22)(H,20,23). The van der Waals surface area contributed by atoms with Crippen molar-refractivity contribution in [2.45, 2.75) is 12.8 Å². The molecule has 3 N–H and O–H groups in total. The van der Waals surface area contributed by atoms with Crippen LogP contribution in [0.25, 0.3) is 0 Å². The van der Waals surface area contributed by atoms with E-state index < -0.39 is 5.91 Å². The molecule has 1 saturated heterocycles. The van der Waals surface area contributed by atoms with Gasteiger partial charge in [0.05, 0.1) is 11.4 Å². The molecule has 0 atom stereocenters. The Labute approximate surface area is 134 Å². The van der Waals surface area contributed by atoms with Crippen LogP contribution in [0.4, 0.5) is 11.4 Å². The van der Waals surface area contributed by atoms with E-state index in [4.69, 9.17) is 5.73 Å². The molecule has 1 aromatic carbocycles. The van der Waals surface area contributed by atoms with Gasteiger partial charge in [-0.05, 0) is 43.2 Å². The topological polar surface area (TPSA) is 88.3 Å². The molecule has 1 fully saturated rings. The van der Waals surface area contributed by atoms with Crippen molar-refractivity contribution in [3.63, 3.8) is 0 Å². The molecule has 2 heterocycles. The minimum absolute atomic E-state index is 0.241. The molecule has 1 aliphatic rings. The fourth-order valence-corrected chi connectivity index (χ4v) is 2.72. The highest BCUT2D eigenvalue weighted by Gasteiger charge is 2.18. The number of hydrogen-bond donors (Lipinski definition) is 2. The molecule has 1 aromatic heterocycles. The summed E-state index contributed by atoms with van der Waals surface area (Å²) in [6.07, 6.45) is 5.37. The maximum atomic E-state index is 12.4. The first kappa shape index (κ1) is 15.0. The highest BCUT2D eigenvalue weighted by Crippen LogP contribution is 2.30. The zero-order chi connectivity index (χ0) is 16.2. The number of benzene rings is 1. The van der Waals surface area contributed by atoms with Crippen molar-refractivity contribution in [2.24, 2.45) is 5.73 Å². The lowest BCUT2D eigenvalue weighted by molar-refractivity contribution is 0.0996. The number of pyridine rings is 1. The van der Waals surface area contributed by atoms with Gasteiger partial charge in [0.15, 0.2) is 0 Å². The Morgan fingerprint density at radius 3 is 2.39 bits per heavy atom. The van der Waals surface area contributed by atoms with E-state index >= 15 is 0 Å². The van der Waals surface area contributed by atoms with Gasteiger partial charge in [0.25, 0.3) is 5.91 Å². The second-order valence-corrected chi connectivity index (χ2v) is 5.48. The number of hydrogen-bond acceptors (Lipinski definition) is 4. The number of nitrogens with zero attached hydrogens (tertiary/aromatic N) is 2. The van der Waals surface area contributed by atoms with Crippen LogP contribution >= 0.6 is 0 Å². The van der Waals surface area contributed by atoms with Gasteiger partial charge in [-0.2, -0.15) is 0 Å². The first-order chi connectivity index (χ1) is 11.1. The largest absolute Gasteiger partial charge is 0.370 e. The number of primary amides is 1. The summed E-state index contributed by atoms with van der Waals surface area (Å²) in [5.74, 6) is -0.758. The Morgan fingerprint density at radius 2 is 1.74 bits per heavy atom. The van der Waals surface area contributed by atoms with Crippen molar-refractivity contribution in [3.8, 4) is 0 Å². The summed E-state index contributed by atoms with van der Waals surface area (Å²) in [5, 5.41) is 2.88. The highest BCUT2D eigenvalue weighted by atomic mass is 16.2. The van der Waals surface area contributed by atoms with Gasteiger partial charge in [0.1, 0.15) is 0 Å². The van der Waals surface area contributed by atoms with Crippen LogP contribution in [0.5, 0.6) is 0 Å². The summed E-state index contributed by atoms with van der Waals surface area (Å²) < 4.78 is 0. The van der Waals surface area contributed by atoms with Gasteiger partial charge < -0.3 is 16.0 Å². The predicted octanol–water partition coefficient (Wildman–Crippen LogP) is 2.03. The van der Waals surface area contributed by atoms with Crippen LogP contribution in [-0.2, 0) is 0 Å². The first-order valence-corrected chi connectivity index (χ1v) is 7.55. The van der Waals surface area contributed by atoms with Gasteiger partial charge in [0.2, 0.25) is 5.91 Å². The second kappa shape index (κ2) is 6.48. The van der Waals surface area contributed by atoms with Gasteiger partial charge in [0, 0.05) is 36.6 Å². The molecule has 0 unspecified atom stereocenters. The normalized spacial score (nSPS) is 13.8. The minimum Gasteiger partial charge on any atom is -0.370 e. The van der Waals surface area contributed by atoms with E-state index in [1.807, 2.05) is 6.07 Å². The van der Waals surface area contributed by atoms with Crippen LogP contribution < -0.4 is 16.0 Å². The molecular weight excluding hydrogens is 292 g/mol. The molecule has 0 saturated carbocycles. The summed E-state index contributed by atoms with van der Waals surface area (Å²) in [6, 6.07) is 8.45. The van der Waals surface area contributed by atoms with Crippen molar-refractivity contribution in [1.82, 2.24) is 4.98 Å². The molecular formula is C17H18N4O2. The molecule has 3 rings (SSSR count). The monoisotopic (exact) mass is 310 g/mol. The van der Waals surface area contributed by atoms with E-state index in [0.29, 0.717) is 16.8 Å². The third kappa shape index (κ3) is 3.31. The average Bonchev–Trinajstić information content (AvgIpc) is 3.09. The molecule has 6 heteroatoms. The van der Waals surface area contributed by atoms with Crippen LogP contribution in [0.15, 0.2) is 42.7 Å². The average molecular weight is 310 g/mol. The van der Waals surface area contributed by atoms with E-state index in [0.717, 1.165) is 31.6 Å². The van der Waals surface area contributed by atoms with Crippen LogP contribution in [-0.4, -0.2) is 29.9 Å². The maximum Gasteiger partial charge on any atom is 0.255 e. The summed E-state index contributed by atoms with van der Waals surface area (Å²) in [6.45, 7) is 1.88. The SMILES string of the molecule is NC(=O)c1ccc(N2CCCC2)c(NC(=O)c2ccncc2)c1. The van der Waals surface area contributed by atoms with Crippen molar-refractivity contribution in [1.29, 1.82) is 0 Å². The van der Waals surface area contributed by atoms with E-state index in [9.17, 15) is 9.59 Å². The quantitative estimate of drug-likeness (QED) is 0.904. The third-order valence-corrected chi connectivity index (χ3v) is 3.92. The Kier molecular flexibility index (Phi) is 4.23. The predicted molar refractivity (Wildman–Crippen MR) is 88.6 cm³/mol. The number of carbonyl (C=O) groups is 2. The number of rotatable bonds is 4. The van der Waals surface area contributed by atoms with E-state index in [1.54, 1.807) is 36.7 Å². The molecule has 0 bridgehead atoms. The molecule has 0 aliphatic carbocycles. The lowest BCUT2D eigenvalue weighted by Crippen LogP contribution is -2.22. The number of carbonyl (C=O) groups excluding carboxylic acids is 2.